The number of aliphatic hydroxyl groups is 1. The number of amides is 2. The summed E-state index contributed by atoms with van der Waals surface area (Å²) >= 11 is 0. The van der Waals surface area contributed by atoms with Gasteiger partial charge in [0, 0.05) is 42.7 Å². The highest BCUT2D eigenvalue weighted by atomic mass is 16.6. The molecule has 0 spiro atoms. The fraction of sp³-hybridized carbons (Fsp3) is 0.519. The Morgan fingerprint density at radius 2 is 2.03 bits per heavy atom. The number of carbonyl (C=O) groups excluding carboxylic acids is 2. The number of aliphatic hydroxyl groups excluding tert-OH is 1. The Morgan fingerprint density at radius 3 is 2.81 bits per heavy atom. The van der Waals surface area contributed by atoms with E-state index in [2.05, 4.69) is 20.5 Å². The van der Waals surface area contributed by atoms with E-state index in [0.29, 0.717) is 24.2 Å². The minimum absolute atomic E-state index is 0.0349. The maximum Gasteiger partial charge on any atom is 0.257 e. The molecule has 5 rings (SSSR count). The summed E-state index contributed by atoms with van der Waals surface area (Å²) in [5.74, 6) is 0.409. The van der Waals surface area contributed by atoms with Crippen molar-refractivity contribution in [3.05, 3.63) is 53.9 Å². The molecular formula is C27H34N4O5. The number of nitrogens with zero attached hydrogens (tertiary/aromatic N) is 2. The first-order valence-electron chi connectivity index (χ1n) is 12.9. The van der Waals surface area contributed by atoms with Gasteiger partial charge in [-0.2, -0.15) is 0 Å². The molecule has 0 unspecified atom stereocenters. The lowest BCUT2D eigenvalue weighted by Gasteiger charge is -2.37. The van der Waals surface area contributed by atoms with Gasteiger partial charge in [-0.05, 0) is 62.7 Å². The molecule has 0 saturated carbocycles. The number of benzene rings is 1. The average molecular weight is 495 g/mol. The number of pyridine rings is 1. The highest BCUT2D eigenvalue weighted by Crippen LogP contribution is 2.47. The van der Waals surface area contributed by atoms with Crippen LogP contribution in [0.15, 0.2) is 42.7 Å². The number of piperidine rings is 1. The normalized spacial score (nSPS) is 25.4. The van der Waals surface area contributed by atoms with Crippen molar-refractivity contribution in [2.45, 2.75) is 56.3 Å². The maximum absolute atomic E-state index is 12.6. The summed E-state index contributed by atoms with van der Waals surface area (Å²) in [4.78, 5) is 31.6. The van der Waals surface area contributed by atoms with Crippen LogP contribution < -0.4 is 15.4 Å². The van der Waals surface area contributed by atoms with E-state index in [1.165, 1.54) is 25.5 Å². The van der Waals surface area contributed by atoms with Crippen LogP contribution in [-0.2, 0) is 9.53 Å². The number of nitrogens with one attached hydrogen (secondary N) is 2. The molecule has 3 aliphatic heterocycles. The SMILES string of the molecule is O=C(C[C@@H]1C[C@@H]2c3cc(NC(=O)c4cccnc4)ccc3O[C@@H]2[C@H](CO)O1)NCCN1CCCCC1. The minimum Gasteiger partial charge on any atom is -0.487 e. The van der Waals surface area contributed by atoms with Gasteiger partial charge in [0.25, 0.3) is 5.91 Å². The van der Waals surface area contributed by atoms with E-state index >= 15 is 0 Å². The molecule has 3 aliphatic rings. The average Bonchev–Trinajstić information content (AvgIpc) is 3.27. The Hall–Kier alpha value is -3.01. The molecule has 1 aromatic heterocycles. The van der Waals surface area contributed by atoms with Gasteiger partial charge < -0.3 is 30.1 Å². The van der Waals surface area contributed by atoms with Crippen LogP contribution in [0.3, 0.4) is 0 Å². The predicted molar refractivity (Wildman–Crippen MR) is 134 cm³/mol. The van der Waals surface area contributed by atoms with Crippen LogP contribution in [0.25, 0.3) is 0 Å². The molecule has 0 aliphatic carbocycles. The van der Waals surface area contributed by atoms with Gasteiger partial charge in [-0.3, -0.25) is 14.6 Å². The molecule has 192 valence electrons. The quantitative estimate of drug-likeness (QED) is 0.516. The molecule has 4 heterocycles. The van der Waals surface area contributed by atoms with Crippen LogP contribution in [-0.4, -0.2) is 77.9 Å². The number of aromatic nitrogens is 1. The van der Waals surface area contributed by atoms with Crippen LogP contribution in [0.4, 0.5) is 5.69 Å². The van der Waals surface area contributed by atoms with Crippen LogP contribution in [0.5, 0.6) is 5.75 Å². The lowest BCUT2D eigenvalue weighted by atomic mass is 9.84. The number of carbonyl (C=O) groups is 2. The molecule has 0 radical (unpaired) electrons. The van der Waals surface area contributed by atoms with Gasteiger partial charge in [-0.15, -0.1) is 0 Å². The van der Waals surface area contributed by atoms with Crippen molar-refractivity contribution >= 4 is 17.5 Å². The number of likely N-dealkylation sites (tertiary alicyclic amines) is 1. The summed E-state index contributed by atoms with van der Waals surface area (Å²) < 4.78 is 12.2. The first-order valence-corrected chi connectivity index (χ1v) is 12.9. The third-order valence-corrected chi connectivity index (χ3v) is 7.29. The van der Waals surface area contributed by atoms with Gasteiger partial charge in [0.2, 0.25) is 5.91 Å². The van der Waals surface area contributed by atoms with Gasteiger partial charge in [0.1, 0.15) is 18.0 Å². The monoisotopic (exact) mass is 494 g/mol. The molecule has 2 aromatic rings. The number of hydrogen-bond donors (Lipinski definition) is 3. The molecule has 4 atom stereocenters. The first kappa shape index (κ1) is 24.7. The Balaban J connectivity index is 1.20. The largest absolute Gasteiger partial charge is 0.487 e. The highest BCUT2D eigenvalue weighted by Gasteiger charge is 2.46. The zero-order chi connectivity index (χ0) is 24.9. The zero-order valence-electron chi connectivity index (χ0n) is 20.4. The van der Waals surface area contributed by atoms with Crippen molar-refractivity contribution < 1.29 is 24.2 Å². The van der Waals surface area contributed by atoms with Crippen molar-refractivity contribution in [2.75, 3.05) is 38.1 Å². The summed E-state index contributed by atoms with van der Waals surface area (Å²) in [5, 5.41) is 15.9. The molecule has 9 nitrogen and oxygen atoms in total. The summed E-state index contributed by atoms with van der Waals surface area (Å²) in [6.07, 6.45) is 6.58. The van der Waals surface area contributed by atoms with Gasteiger partial charge >= 0.3 is 0 Å². The van der Waals surface area contributed by atoms with Crippen molar-refractivity contribution in [3.8, 4) is 5.75 Å². The topological polar surface area (TPSA) is 113 Å². The maximum atomic E-state index is 12.6. The summed E-state index contributed by atoms with van der Waals surface area (Å²) in [7, 11) is 0. The Bertz CT molecular complexity index is 1060. The number of hydrogen-bond acceptors (Lipinski definition) is 7. The number of anilines is 1. The molecule has 2 saturated heterocycles. The van der Waals surface area contributed by atoms with E-state index in [9.17, 15) is 14.7 Å². The number of fused-ring (bicyclic) bond motifs is 3. The highest BCUT2D eigenvalue weighted by molar-refractivity contribution is 6.04. The van der Waals surface area contributed by atoms with Crippen LogP contribution >= 0.6 is 0 Å². The Morgan fingerprint density at radius 1 is 1.17 bits per heavy atom. The summed E-state index contributed by atoms with van der Waals surface area (Å²) in [6.45, 7) is 3.52. The third-order valence-electron chi connectivity index (χ3n) is 7.29. The van der Waals surface area contributed by atoms with E-state index in [4.69, 9.17) is 9.47 Å². The molecular weight excluding hydrogens is 460 g/mol. The van der Waals surface area contributed by atoms with E-state index < -0.39 is 6.10 Å². The van der Waals surface area contributed by atoms with Crippen molar-refractivity contribution in [3.63, 3.8) is 0 Å². The molecule has 0 bridgehead atoms. The van der Waals surface area contributed by atoms with Gasteiger partial charge in [-0.1, -0.05) is 6.42 Å². The molecule has 1 aromatic carbocycles. The van der Waals surface area contributed by atoms with E-state index in [1.54, 1.807) is 24.4 Å². The molecule has 3 N–H and O–H groups in total. The van der Waals surface area contributed by atoms with Crippen LogP contribution in [0, 0.1) is 0 Å². The van der Waals surface area contributed by atoms with E-state index in [-0.39, 0.29) is 43.0 Å². The molecule has 36 heavy (non-hydrogen) atoms. The zero-order valence-corrected chi connectivity index (χ0v) is 20.4. The van der Waals surface area contributed by atoms with Crippen molar-refractivity contribution in [1.29, 1.82) is 0 Å². The second-order valence-corrected chi connectivity index (χ2v) is 9.81. The predicted octanol–water partition coefficient (Wildman–Crippen LogP) is 2.32. The number of rotatable bonds is 8. The smallest absolute Gasteiger partial charge is 0.257 e. The number of ether oxygens (including phenoxy) is 2. The van der Waals surface area contributed by atoms with E-state index in [1.807, 2.05) is 12.1 Å². The Labute approximate surface area is 211 Å². The second-order valence-electron chi connectivity index (χ2n) is 9.81. The van der Waals surface area contributed by atoms with Gasteiger partial charge in [-0.25, -0.2) is 0 Å². The lowest BCUT2D eigenvalue weighted by molar-refractivity contribution is -0.142. The van der Waals surface area contributed by atoms with Crippen molar-refractivity contribution in [1.82, 2.24) is 15.2 Å². The van der Waals surface area contributed by atoms with Gasteiger partial charge in [0.15, 0.2) is 0 Å². The van der Waals surface area contributed by atoms with Crippen molar-refractivity contribution in [2.24, 2.45) is 0 Å². The summed E-state index contributed by atoms with van der Waals surface area (Å²) in [6, 6.07) is 8.98. The molecule has 9 heteroatoms. The fourth-order valence-corrected chi connectivity index (χ4v) is 5.48. The third kappa shape index (κ3) is 5.69. The van der Waals surface area contributed by atoms with E-state index in [0.717, 1.165) is 30.9 Å². The summed E-state index contributed by atoms with van der Waals surface area (Å²) in [5.41, 5.74) is 2.09. The molecule has 2 amide bonds. The Kier molecular flexibility index (Phi) is 7.79. The second kappa shape index (κ2) is 11.4. The standard InChI is InChI=1S/C27H34N4O5/c32-17-24-26-22(14-20(35-24)15-25(33)29-9-12-31-10-2-1-3-11-31)21-13-19(6-7-23(21)36-26)30-27(34)18-5-4-8-28-16-18/h4-8,13,16,20,22,24,26,32H,1-3,9-12,14-15,17H2,(H,29,33)(H,30,34)/t20-,22+,24-,26-/m0/s1. The first-order chi connectivity index (χ1) is 17.6. The van der Waals surface area contributed by atoms with Gasteiger partial charge in [0.05, 0.1) is 24.7 Å². The fourth-order valence-electron chi connectivity index (χ4n) is 5.48. The van der Waals surface area contributed by atoms with Crippen LogP contribution in [0.1, 0.15) is 53.9 Å². The van der Waals surface area contributed by atoms with Crippen LogP contribution in [0.2, 0.25) is 0 Å². The molecule has 2 fully saturated rings. The minimum atomic E-state index is -0.518. The lowest BCUT2D eigenvalue weighted by Crippen LogP contribution is -2.47.